The second-order valence-electron chi connectivity index (χ2n) is 4.19. The Morgan fingerprint density at radius 1 is 1.33 bits per heavy atom. The molecular weight excluding hydrogens is 234 g/mol. The van der Waals surface area contributed by atoms with Crippen molar-refractivity contribution in [3.05, 3.63) is 35.4 Å². The number of carboxylic acid groups (broad SMARTS) is 1. The molecule has 1 aromatic carbocycles. The molecule has 3 N–H and O–H groups in total. The molecule has 0 fully saturated rings. The van der Waals surface area contributed by atoms with Crippen LogP contribution < -0.4 is 5.73 Å². The van der Waals surface area contributed by atoms with Gasteiger partial charge in [0.15, 0.2) is 0 Å². The van der Waals surface area contributed by atoms with Crippen LogP contribution in [0.25, 0.3) is 0 Å². The van der Waals surface area contributed by atoms with Gasteiger partial charge in [-0.1, -0.05) is 24.3 Å². The summed E-state index contributed by atoms with van der Waals surface area (Å²) in [5, 5.41) is 8.98. The SMILES string of the molecule is CCOC(=O)Cc1ccc(C(C)(N)C(=O)O)cc1. The third-order valence-corrected chi connectivity index (χ3v) is 2.65. The normalized spacial score (nSPS) is 13.7. The van der Waals surface area contributed by atoms with E-state index in [1.165, 1.54) is 6.92 Å². The second-order valence-corrected chi connectivity index (χ2v) is 4.19. The quantitative estimate of drug-likeness (QED) is 0.763. The van der Waals surface area contributed by atoms with Gasteiger partial charge in [-0.3, -0.25) is 4.79 Å². The fourth-order valence-corrected chi connectivity index (χ4v) is 1.47. The lowest BCUT2D eigenvalue weighted by Crippen LogP contribution is -2.41. The molecule has 0 saturated heterocycles. The van der Waals surface area contributed by atoms with E-state index in [1.54, 1.807) is 31.2 Å². The first-order valence-electron chi connectivity index (χ1n) is 5.65. The highest BCUT2D eigenvalue weighted by atomic mass is 16.5. The molecule has 98 valence electrons. The van der Waals surface area contributed by atoms with Crippen molar-refractivity contribution in [3.8, 4) is 0 Å². The maximum Gasteiger partial charge on any atom is 0.328 e. The Morgan fingerprint density at radius 2 is 1.89 bits per heavy atom. The summed E-state index contributed by atoms with van der Waals surface area (Å²) in [6.07, 6.45) is 0.169. The smallest absolute Gasteiger partial charge is 0.328 e. The minimum atomic E-state index is -1.43. The molecule has 1 atom stereocenters. The lowest BCUT2D eigenvalue weighted by atomic mass is 9.92. The molecule has 1 rings (SSSR count). The molecule has 1 unspecified atom stereocenters. The predicted octanol–water partition coefficient (Wildman–Crippen LogP) is 1.05. The first-order chi connectivity index (χ1) is 8.37. The van der Waals surface area contributed by atoms with Crippen LogP contribution in [0.5, 0.6) is 0 Å². The number of carbonyl (C=O) groups excluding carboxylic acids is 1. The summed E-state index contributed by atoms with van der Waals surface area (Å²) in [4.78, 5) is 22.2. The van der Waals surface area contributed by atoms with E-state index in [9.17, 15) is 9.59 Å². The number of carboxylic acids is 1. The van der Waals surface area contributed by atoms with E-state index in [2.05, 4.69) is 0 Å². The van der Waals surface area contributed by atoms with E-state index in [1.807, 2.05) is 0 Å². The van der Waals surface area contributed by atoms with E-state index in [0.717, 1.165) is 5.56 Å². The molecule has 0 saturated carbocycles. The highest BCUT2D eigenvalue weighted by molar-refractivity contribution is 5.80. The second kappa shape index (κ2) is 5.64. The Hall–Kier alpha value is -1.88. The molecule has 5 nitrogen and oxygen atoms in total. The summed E-state index contributed by atoms with van der Waals surface area (Å²) in [7, 11) is 0. The first kappa shape index (κ1) is 14.2. The summed E-state index contributed by atoms with van der Waals surface area (Å²) in [5.74, 6) is -1.40. The molecule has 0 heterocycles. The van der Waals surface area contributed by atoms with Crippen molar-refractivity contribution in [2.45, 2.75) is 25.8 Å². The van der Waals surface area contributed by atoms with Gasteiger partial charge in [-0.2, -0.15) is 0 Å². The number of hydrogen-bond acceptors (Lipinski definition) is 4. The zero-order valence-electron chi connectivity index (χ0n) is 10.5. The number of esters is 1. The Bertz CT molecular complexity index is 437. The molecule has 18 heavy (non-hydrogen) atoms. The number of nitrogens with two attached hydrogens (primary N) is 1. The Labute approximate surface area is 106 Å². The number of ether oxygens (including phenoxy) is 1. The molecular formula is C13H17NO4. The van der Waals surface area contributed by atoms with Gasteiger partial charge in [-0.15, -0.1) is 0 Å². The highest BCUT2D eigenvalue weighted by Gasteiger charge is 2.29. The number of carbonyl (C=O) groups is 2. The van der Waals surface area contributed by atoms with Crippen LogP contribution in [-0.4, -0.2) is 23.7 Å². The fourth-order valence-electron chi connectivity index (χ4n) is 1.47. The number of hydrogen-bond donors (Lipinski definition) is 2. The van der Waals surface area contributed by atoms with Gasteiger partial charge in [0.2, 0.25) is 0 Å². The third kappa shape index (κ3) is 3.30. The summed E-state index contributed by atoms with van der Waals surface area (Å²) < 4.78 is 4.82. The Kier molecular flexibility index (Phi) is 4.44. The summed E-state index contributed by atoms with van der Waals surface area (Å²) >= 11 is 0. The molecule has 1 aromatic rings. The minimum absolute atomic E-state index is 0.169. The molecule has 0 aromatic heterocycles. The summed E-state index contributed by atoms with van der Waals surface area (Å²) in [6.45, 7) is 3.51. The zero-order valence-corrected chi connectivity index (χ0v) is 10.5. The van der Waals surface area contributed by atoms with Gasteiger partial charge in [-0.25, -0.2) is 4.79 Å². The van der Waals surface area contributed by atoms with Gasteiger partial charge in [0, 0.05) is 0 Å². The molecule has 0 aliphatic heterocycles. The van der Waals surface area contributed by atoms with Gasteiger partial charge in [-0.05, 0) is 25.0 Å². The molecule has 0 aliphatic carbocycles. The van der Waals surface area contributed by atoms with E-state index in [0.29, 0.717) is 12.2 Å². The fraction of sp³-hybridized carbons (Fsp3) is 0.385. The number of rotatable bonds is 5. The lowest BCUT2D eigenvalue weighted by Gasteiger charge is -2.19. The van der Waals surface area contributed by atoms with Crippen molar-refractivity contribution in [1.29, 1.82) is 0 Å². The van der Waals surface area contributed by atoms with Crippen LogP contribution in [-0.2, 0) is 26.3 Å². The van der Waals surface area contributed by atoms with E-state index >= 15 is 0 Å². The molecule has 0 spiro atoms. The van der Waals surface area contributed by atoms with Crippen molar-refractivity contribution < 1.29 is 19.4 Å². The Balaban J connectivity index is 2.80. The molecule has 0 aliphatic rings. The van der Waals surface area contributed by atoms with Gasteiger partial charge in [0.1, 0.15) is 5.54 Å². The van der Waals surface area contributed by atoms with Crippen LogP contribution in [0.15, 0.2) is 24.3 Å². The molecule has 5 heteroatoms. The number of benzene rings is 1. The molecule has 0 radical (unpaired) electrons. The van der Waals surface area contributed by atoms with Crippen LogP contribution in [0.3, 0.4) is 0 Å². The number of aliphatic carboxylic acids is 1. The lowest BCUT2D eigenvalue weighted by molar-refractivity contribution is -0.143. The molecule has 0 amide bonds. The average Bonchev–Trinajstić information content (AvgIpc) is 2.29. The topological polar surface area (TPSA) is 89.6 Å². The van der Waals surface area contributed by atoms with Gasteiger partial charge < -0.3 is 15.6 Å². The maximum atomic E-state index is 11.3. The summed E-state index contributed by atoms with van der Waals surface area (Å²) in [6, 6.07) is 6.59. The van der Waals surface area contributed by atoms with Crippen molar-refractivity contribution in [2.75, 3.05) is 6.61 Å². The molecule has 0 bridgehead atoms. The zero-order chi connectivity index (χ0) is 13.8. The summed E-state index contributed by atoms with van der Waals surface area (Å²) in [5.41, 5.74) is 5.51. The Morgan fingerprint density at radius 3 is 2.33 bits per heavy atom. The largest absolute Gasteiger partial charge is 0.480 e. The standard InChI is InChI=1S/C13H17NO4/c1-3-18-11(15)8-9-4-6-10(7-5-9)13(2,14)12(16)17/h4-7H,3,8,14H2,1-2H3,(H,16,17). The average molecular weight is 251 g/mol. The van der Waals surface area contributed by atoms with Crippen molar-refractivity contribution in [2.24, 2.45) is 5.73 Å². The minimum Gasteiger partial charge on any atom is -0.480 e. The van der Waals surface area contributed by atoms with Crippen molar-refractivity contribution in [1.82, 2.24) is 0 Å². The first-order valence-corrected chi connectivity index (χ1v) is 5.65. The third-order valence-electron chi connectivity index (χ3n) is 2.65. The van der Waals surface area contributed by atoms with Gasteiger partial charge in [0.05, 0.1) is 13.0 Å². The van der Waals surface area contributed by atoms with Crippen LogP contribution in [0, 0.1) is 0 Å². The monoisotopic (exact) mass is 251 g/mol. The van der Waals surface area contributed by atoms with Gasteiger partial charge in [0.25, 0.3) is 0 Å². The van der Waals surface area contributed by atoms with Crippen LogP contribution in [0.4, 0.5) is 0 Å². The van der Waals surface area contributed by atoms with E-state index < -0.39 is 11.5 Å². The van der Waals surface area contributed by atoms with Crippen LogP contribution in [0.1, 0.15) is 25.0 Å². The predicted molar refractivity (Wildman–Crippen MR) is 66.0 cm³/mol. The van der Waals surface area contributed by atoms with E-state index in [4.69, 9.17) is 15.6 Å². The van der Waals surface area contributed by atoms with Crippen molar-refractivity contribution in [3.63, 3.8) is 0 Å². The van der Waals surface area contributed by atoms with Crippen LogP contribution >= 0.6 is 0 Å². The van der Waals surface area contributed by atoms with Crippen molar-refractivity contribution >= 4 is 11.9 Å². The highest BCUT2D eigenvalue weighted by Crippen LogP contribution is 2.18. The maximum absolute atomic E-state index is 11.3. The van der Waals surface area contributed by atoms with E-state index in [-0.39, 0.29) is 12.4 Å². The van der Waals surface area contributed by atoms with Crippen LogP contribution in [0.2, 0.25) is 0 Å². The van der Waals surface area contributed by atoms with Gasteiger partial charge >= 0.3 is 11.9 Å².